The van der Waals surface area contributed by atoms with Crippen LogP contribution >= 0.6 is 0 Å². The summed E-state index contributed by atoms with van der Waals surface area (Å²) in [4.78, 5) is 14.1. The van der Waals surface area contributed by atoms with Crippen molar-refractivity contribution in [2.75, 3.05) is 0 Å². The zero-order chi connectivity index (χ0) is 47.9. The van der Waals surface area contributed by atoms with Gasteiger partial charge in [-0.15, -0.1) is 0 Å². The first-order valence-corrected chi connectivity index (χ1v) is 22.6. The fourth-order valence-corrected chi connectivity index (χ4v) is 9.35. The molecule has 0 aliphatic carbocycles. The quantitative estimate of drug-likeness (QED) is 0.143. The van der Waals surface area contributed by atoms with E-state index in [1.54, 1.807) is 18.2 Å². The predicted octanol–water partition coefficient (Wildman–Crippen LogP) is 17.0. The molecule has 0 fully saturated rings. The van der Waals surface area contributed by atoms with Crippen molar-refractivity contribution in [2.24, 2.45) is 0 Å². The smallest absolute Gasteiger partial charge is 0.308 e. The molecule has 332 valence electrons. The summed E-state index contributed by atoms with van der Waals surface area (Å²) in [5, 5.41) is 12.0. The zero-order valence-corrected chi connectivity index (χ0v) is 37.6. The summed E-state index contributed by atoms with van der Waals surface area (Å²) in [7, 11) is 0. The molecule has 0 radical (unpaired) electrons. The monoisotopic (exact) mass is 909 g/mol. The van der Waals surface area contributed by atoms with Gasteiger partial charge in [-0.2, -0.15) is 18.4 Å². The number of halogens is 3. The molecule has 0 unspecified atom stereocenters. The second-order valence-corrected chi connectivity index (χ2v) is 17.1. The highest BCUT2D eigenvalue weighted by Crippen LogP contribution is 2.46. The Morgan fingerprint density at radius 3 is 1.57 bits per heavy atom. The van der Waals surface area contributed by atoms with Crippen LogP contribution in [0, 0.1) is 24.8 Å². The van der Waals surface area contributed by atoms with Crippen molar-refractivity contribution in [2.45, 2.75) is 13.1 Å². The summed E-state index contributed by atoms with van der Waals surface area (Å²) in [6.45, 7) is 10.0. The van der Waals surface area contributed by atoms with Gasteiger partial charge >= 0.3 is 6.18 Å². The third-order valence-corrected chi connectivity index (χ3v) is 12.8. The Hall–Kier alpha value is -9.37. The van der Waals surface area contributed by atoms with Crippen molar-refractivity contribution < 1.29 is 13.2 Å². The first-order chi connectivity index (χ1) is 34.1. The van der Waals surface area contributed by atoms with E-state index in [-0.39, 0.29) is 0 Å². The van der Waals surface area contributed by atoms with E-state index in [4.69, 9.17) is 16.5 Å². The summed E-state index contributed by atoms with van der Waals surface area (Å²) in [5.41, 5.74) is 13.8. The largest absolute Gasteiger partial charge is 0.416 e. The van der Waals surface area contributed by atoms with Gasteiger partial charge in [-0.05, 0) is 101 Å². The molecular formula is C62H38F3N5. The molecule has 8 heteroatoms. The number of rotatable bonds is 8. The number of hydrogen-bond donors (Lipinski definition) is 0. The normalized spacial score (nSPS) is 11.4. The van der Waals surface area contributed by atoms with Crippen LogP contribution in [0.15, 0.2) is 212 Å². The average molecular weight is 910 g/mol. The summed E-state index contributed by atoms with van der Waals surface area (Å²) >= 11 is 0. The molecule has 0 amide bonds. The molecule has 0 spiro atoms. The molecule has 0 aliphatic heterocycles. The predicted molar refractivity (Wildman–Crippen MR) is 275 cm³/mol. The number of aryl methyl sites for hydroxylation is 1. The van der Waals surface area contributed by atoms with E-state index in [0.717, 1.165) is 95.3 Å². The van der Waals surface area contributed by atoms with Crippen LogP contribution in [-0.2, 0) is 6.18 Å². The molecular weight excluding hydrogens is 872 g/mol. The average Bonchev–Trinajstić information content (AvgIpc) is 3.73. The Labute approximate surface area is 402 Å². The lowest BCUT2D eigenvalue weighted by Gasteiger charge is -2.22. The fraction of sp³-hybridized carbons (Fsp3) is 0.0323. The second kappa shape index (κ2) is 17.7. The molecule has 11 aromatic rings. The molecule has 0 atom stereocenters. The Morgan fingerprint density at radius 1 is 0.486 bits per heavy atom. The molecule has 0 aliphatic rings. The third-order valence-electron chi connectivity index (χ3n) is 12.8. The molecule has 70 heavy (non-hydrogen) atoms. The number of nitriles is 1. The summed E-state index contributed by atoms with van der Waals surface area (Å²) in [6, 6.07) is 69.1. The van der Waals surface area contributed by atoms with Gasteiger partial charge in [-0.1, -0.05) is 157 Å². The standard InChI is InChI=1S/C62H38F3N5/c1-39-21-23-40(24-22-39)51-35-47(57-37-56(42-13-5-3-6-14-42)68-61(69-57)43-15-7-4-8-16-43)36-52(41-25-29-48(30-26-41)62(63,64)65)60(51)70-58-31-27-44(49-18-10-9-17-46(49)38-66)33-53(58)54-34-45(28-32-59(54)70)50-19-11-12-20-55(50)67-2/h3-37H,1H3. The number of alkyl halides is 3. The summed E-state index contributed by atoms with van der Waals surface area (Å²) < 4.78 is 45.1. The molecule has 0 saturated heterocycles. The molecule has 5 nitrogen and oxygen atoms in total. The van der Waals surface area contributed by atoms with Gasteiger partial charge in [0.2, 0.25) is 0 Å². The van der Waals surface area contributed by atoms with Crippen LogP contribution in [0.4, 0.5) is 18.9 Å². The van der Waals surface area contributed by atoms with E-state index in [9.17, 15) is 18.4 Å². The topological polar surface area (TPSA) is 58.9 Å². The van der Waals surface area contributed by atoms with Gasteiger partial charge in [-0.25, -0.2) is 14.8 Å². The van der Waals surface area contributed by atoms with E-state index in [0.29, 0.717) is 39.6 Å². The lowest BCUT2D eigenvalue weighted by molar-refractivity contribution is -0.137. The van der Waals surface area contributed by atoms with E-state index in [1.807, 2.05) is 134 Å². The molecule has 11 rings (SSSR count). The SMILES string of the molecule is [C-]#[N+]c1ccccc1-c1ccc2c(c1)c1cc(-c3ccccc3C#N)ccc1n2-c1c(-c2ccc(C)cc2)cc(-c2cc(-c3ccccc3)nc(-c3ccccc3)n2)cc1-c1ccc(C(F)(F)F)cc1. The van der Waals surface area contributed by atoms with Gasteiger partial charge in [0, 0.05) is 38.6 Å². The van der Waals surface area contributed by atoms with E-state index in [2.05, 4.69) is 70.1 Å². The maximum absolute atomic E-state index is 14.3. The van der Waals surface area contributed by atoms with E-state index >= 15 is 0 Å². The molecule has 0 N–H and O–H groups in total. The number of para-hydroxylation sites is 1. The lowest BCUT2D eigenvalue weighted by Crippen LogP contribution is -2.05. The highest BCUT2D eigenvalue weighted by molar-refractivity contribution is 6.13. The molecule has 2 heterocycles. The lowest BCUT2D eigenvalue weighted by atomic mass is 9.91. The first-order valence-electron chi connectivity index (χ1n) is 22.6. The highest BCUT2D eigenvalue weighted by atomic mass is 19.4. The Bertz CT molecular complexity index is 3710. The van der Waals surface area contributed by atoms with Crippen LogP contribution in [0.5, 0.6) is 0 Å². The van der Waals surface area contributed by atoms with Gasteiger partial charge < -0.3 is 4.57 Å². The summed E-state index contributed by atoms with van der Waals surface area (Å²) in [5.74, 6) is 0.528. The minimum Gasteiger partial charge on any atom is -0.308 e. The Morgan fingerprint density at radius 2 is 0.986 bits per heavy atom. The van der Waals surface area contributed by atoms with Gasteiger partial charge in [-0.3, -0.25) is 0 Å². The Balaban J connectivity index is 1.27. The van der Waals surface area contributed by atoms with Gasteiger partial charge in [0.25, 0.3) is 0 Å². The number of fused-ring (bicyclic) bond motifs is 3. The number of benzene rings is 9. The number of nitrogens with zero attached hydrogens (tertiary/aromatic N) is 5. The highest BCUT2D eigenvalue weighted by Gasteiger charge is 2.31. The second-order valence-electron chi connectivity index (χ2n) is 17.1. The van der Waals surface area contributed by atoms with Crippen molar-refractivity contribution in [3.8, 4) is 90.2 Å². The van der Waals surface area contributed by atoms with Crippen LogP contribution in [-0.4, -0.2) is 14.5 Å². The number of hydrogen-bond acceptors (Lipinski definition) is 3. The van der Waals surface area contributed by atoms with Crippen molar-refractivity contribution >= 4 is 27.5 Å². The summed E-state index contributed by atoms with van der Waals surface area (Å²) in [6.07, 6.45) is -4.54. The first kappa shape index (κ1) is 43.2. The fourth-order valence-electron chi connectivity index (χ4n) is 9.35. The zero-order valence-electron chi connectivity index (χ0n) is 37.6. The molecule has 0 saturated carbocycles. The molecule has 0 bridgehead atoms. The third kappa shape index (κ3) is 7.94. The van der Waals surface area contributed by atoms with Crippen LogP contribution in [0.3, 0.4) is 0 Å². The van der Waals surface area contributed by atoms with Crippen molar-refractivity contribution in [1.82, 2.24) is 14.5 Å². The van der Waals surface area contributed by atoms with Gasteiger partial charge in [0.15, 0.2) is 11.5 Å². The van der Waals surface area contributed by atoms with Gasteiger partial charge in [0.1, 0.15) is 0 Å². The molecule has 9 aromatic carbocycles. The van der Waals surface area contributed by atoms with Crippen LogP contribution < -0.4 is 0 Å². The van der Waals surface area contributed by atoms with Crippen molar-refractivity contribution in [1.29, 1.82) is 5.26 Å². The van der Waals surface area contributed by atoms with E-state index in [1.165, 1.54) is 0 Å². The van der Waals surface area contributed by atoms with Crippen LogP contribution in [0.1, 0.15) is 16.7 Å². The minimum absolute atomic E-state index is 0.520. The van der Waals surface area contributed by atoms with Crippen LogP contribution in [0.2, 0.25) is 0 Å². The van der Waals surface area contributed by atoms with Gasteiger partial charge in [0.05, 0.1) is 51.9 Å². The Kier molecular flexibility index (Phi) is 10.9. The molecule has 2 aromatic heterocycles. The van der Waals surface area contributed by atoms with Crippen LogP contribution in [0.25, 0.3) is 111 Å². The van der Waals surface area contributed by atoms with Crippen molar-refractivity contribution in [3.63, 3.8) is 0 Å². The number of aromatic nitrogens is 3. The maximum Gasteiger partial charge on any atom is 0.416 e. The maximum atomic E-state index is 14.3. The van der Waals surface area contributed by atoms with E-state index < -0.39 is 11.7 Å². The minimum atomic E-state index is -4.54. The van der Waals surface area contributed by atoms with Crippen molar-refractivity contribution in [3.05, 3.63) is 240 Å².